The molecule has 1 aromatic heterocycles. The number of halogens is 1. The summed E-state index contributed by atoms with van der Waals surface area (Å²) < 4.78 is 20.0. The van der Waals surface area contributed by atoms with Crippen molar-refractivity contribution in [2.75, 3.05) is 6.61 Å². The summed E-state index contributed by atoms with van der Waals surface area (Å²) in [6.45, 7) is 0.749. The van der Waals surface area contributed by atoms with E-state index in [2.05, 4.69) is 0 Å². The molecule has 1 saturated carbocycles. The molecule has 0 amide bonds. The van der Waals surface area contributed by atoms with E-state index in [9.17, 15) is 9.60 Å². The Balaban J connectivity index is 1.85. The van der Waals surface area contributed by atoms with E-state index in [4.69, 9.17) is 4.74 Å². The average Bonchev–Trinajstić information content (AvgIpc) is 3.52. The number of epoxide rings is 1. The van der Waals surface area contributed by atoms with E-state index in [0.717, 1.165) is 58.4 Å². The van der Waals surface area contributed by atoms with Gasteiger partial charge in [0.05, 0.1) is 18.1 Å². The minimum Gasteiger partial charge on any atom is -0.618 e. The Bertz CT molecular complexity index is 960. The highest BCUT2D eigenvalue weighted by Crippen LogP contribution is 2.45. The van der Waals surface area contributed by atoms with Crippen LogP contribution >= 0.6 is 0 Å². The molecule has 2 heterocycles. The number of pyridine rings is 1. The predicted octanol–water partition coefficient (Wildman–Crippen LogP) is 4.10. The van der Waals surface area contributed by atoms with E-state index in [-0.39, 0.29) is 11.9 Å². The number of nitrogens with zero attached hydrogens (tertiary/aromatic N) is 1. The summed E-state index contributed by atoms with van der Waals surface area (Å²) in [5, 5.41) is 14.0. The Morgan fingerprint density at radius 3 is 2.48 bits per heavy atom. The van der Waals surface area contributed by atoms with E-state index in [1.807, 2.05) is 24.3 Å². The lowest BCUT2D eigenvalue weighted by Crippen LogP contribution is -2.35. The summed E-state index contributed by atoms with van der Waals surface area (Å²) in [5.74, 6) is 0.0763. The normalized spacial score (nSPS) is 19.3. The molecular weight excluding hydrogens is 317 g/mol. The van der Waals surface area contributed by atoms with Crippen molar-refractivity contribution in [3.63, 3.8) is 0 Å². The quantitative estimate of drug-likeness (QED) is 0.409. The highest BCUT2D eigenvalue weighted by molar-refractivity contribution is 5.95. The van der Waals surface area contributed by atoms with Crippen molar-refractivity contribution in [3.8, 4) is 11.1 Å². The van der Waals surface area contributed by atoms with Gasteiger partial charge in [0.1, 0.15) is 5.82 Å². The van der Waals surface area contributed by atoms with Crippen molar-refractivity contribution < 1.29 is 13.9 Å². The van der Waals surface area contributed by atoms with Crippen molar-refractivity contribution in [1.29, 1.82) is 0 Å². The van der Waals surface area contributed by atoms with Crippen LogP contribution in [0.1, 0.15) is 30.0 Å². The number of ether oxygens (including phenoxy) is 1. The van der Waals surface area contributed by atoms with Gasteiger partial charge in [0.15, 0.2) is 5.69 Å². The third-order valence-corrected chi connectivity index (χ3v) is 5.15. The highest BCUT2D eigenvalue weighted by atomic mass is 19.1. The molecular formula is C21H18FNO2. The molecule has 2 aromatic carbocycles. The van der Waals surface area contributed by atoms with Gasteiger partial charge in [-0.2, -0.15) is 4.73 Å². The minimum atomic E-state index is -0.252. The zero-order chi connectivity index (χ0) is 17.0. The molecule has 3 aromatic rings. The number of benzene rings is 2. The Hall–Kier alpha value is -2.46. The highest BCUT2D eigenvalue weighted by Gasteiger charge is 2.38. The van der Waals surface area contributed by atoms with Gasteiger partial charge in [0.25, 0.3) is 0 Å². The van der Waals surface area contributed by atoms with E-state index < -0.39 is 0 Å². The largest absolute Gasteiger partial charge is 0.618 e. The van der Waals surface area contributed by atoms with Gasteiger partial charge in [0, 0.05) is 29.5 Å². The smallest absolute Gasteiger partial charge is 0.224 e. The van der Waals surface area contributed by atoms with E-state index in [1.54, 1.807) is 12.1 Å². The molecule has 2 aliphatic rings. The van der Waals surface area contributed by atoms with E-state index >= 15 is 0 Å². The third kappa shape index (κ3) is 2.57. The Morgan fingerprint density at radius 2 is 1.80 bits per heavy atom. The van der Waals surface area contributed by atoms with E-state index in [1.165, 1.54) is 12.1 Å². The molecule has 0 radical (unpaired) electrons. The molecule has 1 atom stereocenters. The average molecular weight is 335 g/mol. The molecule has 4 heteroatoms. The van der Waals surface area contributed by atoms with Gasteiger partial charge in [0.2, 0.25) is 5.52 Å². The number of hydrogen-bond donors (Lipinski definition) is 0. The van der Waals surface area contributed by atoms with Gasteiger partial charge in [-0.3, -0.25) is 0 Å². The molecule has 25 heavy (non-hydrogen) atoms. The second kappa shape index (κ2) is 5.53. The monoisotopic (exact) mass is 335 g/mol. The van der Waals surface area contributed by atoms with Crippen molar-refractivity contribution in [1.82, 2.24) is 0 Å². The standard InChI is InChI=1S/C21H18FNO2/c22-15-9-7-13(8-10-15)20-17-3-1-2-4-19(17)23(24)21(14-5-6-14)18(20)11-16-12-25-16/h1-4,7-10,14,16H,5-6,11-12H2. The van der Waals surface area contributed by atoms with Crippen molar-refractivity contribution in [2.45, 2.75) is 31.3 Å². The van der Waals surface area contributed by atoms with Crippen molar-refractivity contribution >= 4 is 10.9 Å². The van der Waals surface area contributed by atoms with Gasteiger partial charge < -0.3 is 9.94 Å². The van der Waals surface area contributed by atoms with Crippen LogP contribution in [0.25, 0.3) is 22.0 Å². The first-order valence-electron chi connectivity index (χ1n) is 8.77. The third-order valence-electron chi connectivity index (χ3n) is 5.15. The molecule has 5 rings (SSSR count). The van der Waals surface area contributed by atoms with Crippen LogP contribution in [0.4, 0.5) is 4.39 Å². The maximum absolute atomic E-state index is 13.4. The fourth-order valence-electron chi connectivity index (χ4n) is 3.74. The summed E-state index contributed by atoms with van der Waals surface area (Å²) in [6.07, 6.45) is 3.05. The number of rotatable bonds is 4. The molecule has 1 aliphatic heterocycles. The number of fused-ring (bicyclic) bond motifs is 1. The summed E-state index contributed by atoms with van der Waals surface area (Å²) in [4.78, 5) is 0. The van der Waals surface area contributed by atoms with Gasteiger partial charge in [-0.05, 0) is 36.6 Å². The van der Waals surface area contributed by atoms with Crippen LogP contribution in [0.15, 0.2) is 48.5 Å². The minimum absolute atomic E-state index is 0.192. The molecule has 0 N–H and O–H groups in total. The topological polar surface area (TPSA) is 39.5 Å². The molecule has 1 aliphatic carbocycles. The van der Waals surface area contributed by atoms with E-state index in [0.29, 0.717) is 11.4 Å². The molecule has 2 fully saturated rings. The number of para-hydroxylation sites is 1. The lowest BCUT2D eigenvalue weighted by molar-refractivity contribution is -0.586. The SMILES string of the molecule is [O-][n+]1c(C2CC2)c(CC2CO2)c(-c2ccc(F)cc2)c2ccccc21. The predicted molar refractivity (Wildman–Crippen MR) is 93.7 cm³/mol. The number of aromatic nitrogens is 1. The molecule has 0 spiro atoms. The van der Waals surface area contributed by atoms with Gasteiger partial charge in [-0.15, -0.1) is 0 Å². The first-order chi connectivity index (χ1) is 12.2. The fourth-order valence-corrected chi connectivity index (χ4v) is 3.74. The van der Waals surface area contributed by atoms with Crippen molar-refractivity contribution in [3.05, 3.63) is 70.8 Å². The molecule has 1 unspecified atom stereocenters. The fraction of sp³-hybridized carbons (Fsp3) is 0.286. The van der Waals surface area contributed by atoms with Gasteiger partial charge in [-0.25, -0.2) is 4.39 Å². The van der Waals surface area contributed by atoms with Crippen LogP contribution in [-0.2, 0) is 11.2 Å². The van der Waals surface area contributed by atoms with Crippen LogP contribution in [0.5, 0.6) is 0 Å². The van der Waals surface area contributed by atoms with Crippen LogP contribution in [0, 0.1) is 11.0 Å². The second-order valence-corrected chi connectivity index (χ2v) is 6.99. The summed E-state index contributed by atoms with van der Waals surface area (Å²) in [6, 6.07) is 14.3. The molecule has 3 nitrogen and oxygen atoms in total. The lowest BCUT2D eigenvalue weighted by Gasteiger charge is -2.18. The van der Waals surface area contributed by atoms with Gasteiger partial charge in [-0.1, -0.05) is 24.3 Å². The zero-order valence-corrected chi connectivity index (χ0v) is 13.7. The van der Waals surface area contributed by atoms with Crippen LogP contribution < -0.4 is 4.73 Å². The maximum atomic E-state index is 13.4. The van der Waals surface area contributed by atoms with Crippen molar-refractivity contribution in [2.24, 2.45) is 0 Å². The maximum Gasteiger partial charge on any atom is 0.224 e. The number of hydrogen-bond acceptors (Lipinski definition) is 2. The van der Waals surface area contributed by atoms with Gasteiger partial charge >= 0.3 is 0 Å². The zero-order valence-electron chi connectivity index (χ0n) is 13.7. The van der Waals surface area contributed by atoms with Crippen LogP contribution in [0.2, 0.25) is 0 Å². The summed E-state index contributed by atoms with van der Waals surface area (Å²) in [5.41, 5.74) is 4.65. The molecule has 0 bridgehead atoms. The lowest BCUT2D eigenvalue weighted by atomic mass is 9.90. The summed E-state index contributed by atoms with van der Waals surface area (Å²) >= 11 is 0. The van der Waals surface area contributed by atoms with Crippen LogP contribution in [-0.4, -0.2) is 12.7 Å². The summed E-state index contributed by atoms with van der Waals surface area (Å²) in [7, 11) is 0. The Morgan fingerprint density at radius 1 is 1.08 bits per heavy atom. The molecule has 126 valence electrons. The first kappa shape index (κ1) is 14.8. The Kier molecular flexibility index (Phi) is 3.28. The first-order valence-corrected chi connectivity index (χ1v) is 8.77. The Labute approximate surface area is 145 Å². The molecule has 1 saturated heterocycles. The second-order valence-electron chi connectivity index (χ2n) is 6.99. The van der Waals surface area contributed by atoms with Crippen LogP contribution in [0.3, 0.4) is 0 Å².